The van der Waals surface area contributed by atoms with Crippen LogP contribution in [-0.2, 0) is 0 Å². The van der Waals surface area contributed by atoms with Crippen LogP contribution in [0, 0.1) is 11.7 Å². The van der Waals surface area contributed by atoms with Crippen LogP contribution in [-0.4, -0.2) is 31.0 Å². The summed E-state index contributed by atoms with van der Waals surface area (Å²) in [5.41, 5.74) is 0.702. The van der Waals surface area contributed by atoms with Gasteiger partial charge in [0.25, 0.3) is 0 Å². The number of Topliss-reactive ketones (excluding diaryl/α,β-unsaturated/α-hetero) is 1. The first-order chi connectivity index (χ1) is 11.2. The van der Waals surface area contributed by atoms with Crippen LogP contribution >= 0.6 is 0 Å². The number of piperidine rings is 1. The van der Waals surface area contributed by atoms with Crippen molar-refractivity contribution in [2.24, 2.45) is 5.92 Å². The molecule has 1 aromatic heterocycles. The Hall–Kier alpha value is -2.43. The molecule has 0 radical (unpaired) electrons. The predicted molar refractivity (Wildman–Crippen MR) is 86.5 cm³/mol. The van der Waals surface area contributed by atoms with E-state index in [0.717, 1.165) is 5.75 Å². The van der Waals surface area contributed by atoms with Crippen molar-refractivity contribution >= 4 is 11.6 Å². The lowest BCUT2D eigenvalue weighted by Gasteiger charge is -2.32. The number of halogens is 1. The number of hydrogen-bond donors (Lipinski definition) is 0. The number of methoxy groups -OCH3 is 1. The number of ketones is 1. The lowest BCUT2D eigenvalue weighted by molar-refractivity contribution is 0.0900. The maximum atomic E-state index is 13.8. The highest BCUT2D eigenvalue weighted by atomic mass is 19.1. The minimum Gasteiger partial charge on any atom is -0.497 e. The van der Waals surface area contributed by atoms with Crippen molar-refractivity contribution in [2.75, 3.05) is 25.1 Å². The topological polar surface area (TPSA) is 42.4 Å². The summed E-state index contributed by atoms with van der Waals surface area (Å²) in [6.45, 7) is 1.28. The molecule has 23 heavy (non-hydrogen) atoms. The molecule has 120 valence electrons. The van der Waals surface area contributed by atoms with Gasteiger partial charge in [-0.1, -0.05) is 0 Å². The Labute approximate surface area is 134 Å². The summed E-state index contributed by atoms with van der Waals surface area (Å²) in [7, 11) is 1.60. The maximum absolute atomic E-state index is 13.8. The van der Waals surface area contributed by atoms with Crippen LogP contribution in [0.1, 0.15) is 23.2 Å². The maximum Gasteiger partial charge on any atom is 0.166 e. The molecule has 1 aliphatic rings. The molecule has 4 nitrogen and oxygen atoms in total. The van der Waals surface area contributed by atoms with Gasteiger partial charge in [0.1, 0.15) is 5.75 Å². The van der Waals surface area contributed by atoms with Gasteiger partial charge in [-0.3, -0.25) is 4.79 Å². The number of carbonyl (C=O) groups excluding carboxylic acids is 1. The highest BCUT2D eigenvalue weighted by Crippen LogP contribution is 2.26. The Morgan fingerprint density at radius 1 is 1.22 bits per heavy atom. The van der Waals surface area contributed by atoms with Crippen LogP contribution in [0.15, 0.2) is 42.6 Å². The molecular weight excluding hydrogens is 295 g/mol. The molecule has 0 saturated carbocycles. The Balaban J connectivity index is 1.64. The van der Waals surface area contributed by atoms with Crippen LogP contribution in [0.3, 0.4) is 0 Å². The van der Waals surface area contributed by atoms with E-state index in [1.807, 2.05) is 4.90 Å². The van der Waals surface area contributed by atoms with E-state index < -0.39 is 0 Å². The Kier molecular flexibility index (Phi) is 4.55. The first kappa shape index (κ1) is 15.5. The van der Waals surface area contributed by atoms with E-state index in [1.54, 1.807) is 43.6 Å². The first-order valence-corrected chi connectivity index (χ1v) is 7.73. The number of carbonyl (C=O) groups is 1. The van der Waals surface area contributed by atoms with Gasteiger partial charge in [0.15, 0.2) is 17.4 Å². The number of ether oxygens (including phenoxy) is 1. The lowest BCUT2D eigenvalue weighted by atomic mass is 9.89. The SMILES string of the molecule is COc1ccc(C(=O)C2CCN(c3ncccc3F)CC2)cc1. The van der Waals surface area contributed by atoms with Gasteiger partial charge in [0.05, 0.1) is 7.11 Å². The second kappa shape index (κ2) is 6.77. The van der Waals surface area contributed by atoms with Crippen molar-refractivity contribution in [1.82, 2.24) is 4.98 Å². The van der Waals surface area contributed by atoms with Crippen LogP contribution in [0.25, 0.3) is 0 Å². The van der Waals surface area contributed by atoms with E-state index in [2.05, 4.69) is 4.98 Å². The van der Waals surface area contributed by atoms with E-state index in [0.29, 0.717) is 37.3 Å². The van der Waals surface area contributed by atoms with Crippen LogP contribution < -0.4 is 9.64 Å². The van der Waals surface area contributed by atoms with Gasteiger partial charge in [-0.2, -0.15) is 0 Å². The Morgan fingerprint density at radius 2 is 1.91 bits per heavy atom. The molecule has 3 rings (SSSR count). The van der Waals surface area contributed by atoms with E-state index in [9.17, 15) is 9.18 Å². The summed E-state index contributed by atoms with van der Waals surface area (Å²) >= 11 is 0. The Bertz CT molecular complexity index is 680. The molecule has 1 aromatic carbocycles. The van der Waals surface area contributed by atoms with E-state index in [-0.39, 0.29) is 17.5 Å². The fourth-order valence-corrected chi connectivity index (χ4v) is 2.95. The molecule has 0 unspecified atom stereocenters. The third kappa shape index (κ3) is 3.33. The van der Waals surface area contributed by atoms with Gasteiger partial charge in [-0.15, -0.1) is 0 Å². The second-order valence-electron chi connectivity index (χ2n) is 5.66. The monoisotopic (exact) mass is 314 g/mol. The van der Waals surface area contributed by atoms with Gasteiger partial charge in [0.2, 0.25) is 0 Å². The molecule has 1 fully saturated rings. The zero-order valence-electron chi connectivity index (χ0n) is 13.0. The summed E-state index contributed by atoms with van der Waals surface area (Å²) < 4.78 is 18.9. The van der Waals surface area contributed by atoms with Crippen molar-refractivity contribution in [3.05, 3.63) is 54.0 Å². The standard InChI is InChI=1S/C18H19FN2O2/c1-23-15-6-4-13(5-7-15)17(22)14-8-11-21(12-9-14)18-16(19)3-2-10-20-18/h2-7,10,14H,8-9,11-12H2,1H3. The number of rotatable bonds is 4. The minimum atomic E-state index is -0.313. The molecule has 2 aromatic rings. The zero-order valence-corrected chi connectivity index (χ0v) is 13.0. The lowest BCUT2D eigenvalue weighted by Crippen LogP contribution is -2.37. The summed E-state index contributed by atoms with van der Waals surface area (Å²) in [5.74, 6) is 0.928. The van der Waals surface area contributed by atoms with E-state index in [1.165, 1.54) is 6.07 Å². The zero-order chi connectivity index (χ0) is 16.2. The fourth-order valence-electron chi connectivity index (χ4n) is 2.95. The average Bonchev–Trinajstić information content (AvgIpc) is 2.62. The van der Waals surface area contributed by atoms with Crippen molar-refractivity contribution in [3.8, 4) is 5.75 Å². The number of hydrogen-bond acceptors (Lipinski definition) is 4. The number of pyridine rings is 1. The van der Waals surface area contributed by atoms with Crippen molar-refractivity contribution in [3.63, 3.8) is 0 Å². The van der Waals surface area contributed by atoms with Gasteiger partial charge >= 0.3 is 0 Å². The van der Waals surface area contributed by atoms with E-state index >= 15 is 0 Å². The van der Waals surface area contributed by atoms with Gasteiger partial charge in [-0.25, -0.2) is 9.37 Å². The molecule has 0 amide bonds. The van der Waals surface area contributed by atoms with Crippen molar-refractivity contribution in [2.45, 2.75) is 12.8 Å². The van der Waals surface area contributed by atoms with Crippen LogP contribution in [0.5, 0.6) is 5.75 Å². The summed E-state index contributed by atoms with van der Waals surface area (Å²) in [5, 5.41) is 0. The molecule has 5 heteroatoms. The molecule has 0 aliphatic carbocycles. The first-order valence-electron chi connectivity index (χ1n) is 7.73. The molecule has 0 atom stereocenters. The average molecular weight is 314 g/mol. The third-order valence-corrected chi connectivity index (χ3v) is 4.28. The van der Waals surface area contributed by atoms with Crippen LogP contribution in [0.4, 0.5) is 10.2 Å². The van der Waals surface area contributed by atoms with Gasteiger partial charge < -0.3 is 9.64 Å². The number of nitrogens with zero attached hydrogens (tertiary/aromatic N) is 2. The van der Waals surface area contributed by atoms with Crippen molar-refractivity contribution < 1.29 is 13.9 Å². The van der Waals surface area contributed by atoms with Gasteiger partial charge in [0, 0.05) is 30.8 Å². The Morgan fingerprint density at radius 3 is 2.52 bits per heavy atom. The predicted octanol–water partition coefficient (Wildman–Crippen LogP) is 3.33. The molecule has 2 heterocycles. The third-order valence-electron chi connectivity index (χ3n) is 4.28. The normalized spacial score (nSPS) is 15.5. The van der Waals surface area contributed by atoms with Crippen LogP contribution in [0.2, 0.25) is 0 Å². The molecular formula is C18H19FN2O2. The molecule has 0 spiro atoms. The molecule has 1 saturated heterocycles. The highest BCUT2D eigenvalue weighted by molar-refractivity contribution is 5.98. The molecule has 0 N–H and O–H groups in total. The number of anilines is 1. The number of aromatic nitrogens is 1. The second-order valence-corrected chi connectivity index (χ2v) is 5.66. The fraction of sp³-hybridized carbons (Fsp3) is 0.333. The minimum absolute atomic E-state index is 0.0218. The molecule has 0 bridgehead atoms. The van der Waals surface area contributed by atoms with Gasteiger partial charge in [-0.05, 0) is 49.2 Å². The van der Waals surface area contributed by atoms with Crippen molar-refractivity contribution in [1.29, 1.82) is 0 Å². The smallest absolute Gasteiger partial charge is 0.166 e. The summed E-state index contributed by atoms with van der Waals surface area (Å²) in [6.07, 6.45) is 3.01. The summed E-state index contributed by atoms with van der Waals surface area (Å²) in [6, 6.07) is 10.2. The van der Waals surface area contributed by atoms with E-state index in [4.69, 9.17) is 4.74 Å². The highest BCUT2D eigenvalue weighted by Gasteiger charge is 2.27. The quantitative estimate of drug-likeness (QED) is 0.812. The number of benzene rings is 1. The molecule has 1 aliphatic heterocycles. The largest absolute Gasteiger partial charge is 0.497 e. The summed E-state index contributed by atoms with van der Waals surface area (Å²) in [4.78, 5) is 18.6.